The summed E-state index contributed by atoms with van der Waals surface area (Å²) in [5, 5.41) is 3.45. The highest BCUT2D eigenvalue weighted by atomic mass is 32.2. The van der Waals surface area contributed by atoms with Crippen LogP contribution in [0.2, 0.25) is 0 Å². The zero-order chi connectivity index (χ0) is 16.4. The standard InChI is InChI=1S/C15H18N4O3S/c1-12(19-9-5-8-16-19)15(20)18-10-14(11-18)23(21,22)17-13-6-3-2-4-7-13/h2-9,12,14,17H,10-11H2,1H3/t12-/m1/s1. The molecule has 1 amide bonds. The van der Waals surface area contributed by atoms with E-state index < -0.39 is 21.3 Å². The van der Waals surface area contributed by atoms with Crippen LogP contribution < -0.4 is 4.72 Å². The Balaban J connectivity index is 1.59. The van der Waals surface area contributed by atoms with Crippen molar-refractivity contribution in [3.63, 3.8) is 0 Å². The molecular formula is C15H18N4O3S. The lowest BCUT2D eigenvalue weighted by Crippen LogP contribution is -2.59. The molecule has 23 heavy (non-hydrogen) atoms. The Kier molecular flexibility index (Phi) is 4.08. The number of hydrogen-bond donors (Lipinski definition) is 1. The van der Waals surface area contributed by atoms with E-state index in [9.17, 15) is 13.2 Å². The summed E-state index contributed by atoms with van der Waals surface area (Å²) in [4.78, 5) is 13.8. The van der Waals surface area contributed by atoms with E-state index in [4.69, 9.17) is 0 Å². The van der Waals surface area contributed by atoms with Crippen LogP contribution in [0.15, 0.2) is 48.8 Å². The maximum atomic E-state index is 12.3. The van der Waals surface area contributed by atoms with Crippen LogP contribution in [0.25, 0.3) is 0 Å². The number of likely N-dealkylation sites (tertiary alicyclic amines) is 1. The van der Waals surface area contributed by atoms with Gasteiger partial charge in [-0.3, -0.25) is 14.2 Å². The number of hydrogen-bond acceptors (Lipinski definition) is 4. The number of nitrogens with zero attached hydrogens (tertiary/aromatic N) is 3. The second-order valence-corrected chi connectivity index (χ2v) is 7.50. The van der Waals surface area contributed by atoms with Crippen molar-refractivity contribution in [3.8, 4) is 0 Å². The van der Waals surface area contributed by atoms with Gasteiger partial charge in [0, 0.05) is 31.2 Å². The van der Waals surface area contributed by atoms with Crippen LogP contribution in [-0.2, 0) is 14.8 Å². The van der Waals surface area contributed by atoms with E-state index in [-0.39, 0.29) is 19.0 Å². The molecule has 2 aromatic rings. The van der Waals surface area contributed by atoms with Crippen molar-refractivity contribution < 1.29 is 13.2 Å². The van der Waals surface area contributed by atoms with Gasteiger partial charge in [-0.05, 0) is 25.1 Å². The Hall–Kier alpha value is -2.35. The Morgan fingerprint density at radius 1 is 1.26 bits per heavy atom. The predicted octanol–water partition coefficient (Wildman–Crippen LogP) is 1.10. The summed E-state index contributed by atoms with van der Waals surface area (Å²) in [7, 11) is -3.49. The summed E-state index contributed by atoms with van der Waals surface area (Å²) in [6.45, 7) is 2.15. The third-order valence-electron chi connectivity index (χ3n) is 3.91. The first-order valence-corrected chi connectivity index (χ1v) is 8.86. The molecule has 1 fully saturated rings. The summed E-state index contributed by atoms with van der Waals surface area (Å²) in [6, 6.07) is 10.0. The number of amides is 1. The minimum absolute atomic E-state index is 0.125. The lowest BCUT2D eigenvalue weighted by molar-refractivity contribution is -0.137. The van der Waals surface area contributed by atoms with Gasteiger partial charge in [-0.25, -0.2) is 8.42 Å². The number of sulfonamides is 1. The van der Waals surface area contributed by atoms with Crippen molar-refractivity contribution in [2.75, 3.05) is 17.8 Å². The minimum Gasteiger partial charge on any atom is -0.338 e. The van der Waals surface area contributed by atoms with Gasteiger partial charge in [0.25, 0.3) is 0 Å². The molecule has 122 valence electrons. The van der Waals surface area contributed by atoms with Gasteiger partial charge < -0.3 is 4.90 Å². The highest BCUT2D eigenvalue weighted by Crippen LogP contribution is 2.22. The van der Waals surface area contributed by atoms with Crippen LogP contribution in [0.4, 0.5) is 5.69 Å². The Morgan fingerprint density at radius 3 is 2.57 bits per heavy atom. The Morgan fingerprint density at radius 2 is 1.96 bits per heavy atom. The van der Waals surface area contributed by atoms with Crippen molar-refractivity contribution in [3.05, 3.63) is 48.8 Å². The second kappa shape index (κ2) is 6.04. The first-order valence-electron chi connectivity index (χ1n) is 7.32. The normalized spacial score (nSPS) is 16.7. The summed E-state index contributed by atoms with van der Waals surface area (Å²) in [5.74, 6) is -0.125. The van der Waals surface area contributed by atoms with Crippen molar-refractivity contribution in [1.82, 2.24) is 14.7 Å². The Bertz CT molecular complexity index is 768. The average molecular weight is 334 g/mol. The zero-order valence-corrected chi connectivity index (χ0v) is 13.5. The van der Waals surface area contributed by atoms with Crippen LogP contribution in [0, 0.1) is 0 Å². The summed E-state index contributed by atoms with van der Waals surface area (Å²) < 4.78 is 28.7. The molecule has 0 spiro atoms. The highest BCUT2D eigenvalue weighted by molar-refractivity contribution is 7.93. The minimum atomic E-state index is -3.49. The number of para-hydroxylation sites is 1. The zero-order valence-electron chi connectivity index (χ0n) is 12.7. The quantitative estimate of drug-likeness (QED) is 0.887. The van der Waals surface area contributed by atoms with E-state index in [1.807, 2.05) is 6.07 Å². The summed E-state index contributed by atoms with van der Waals surface area (Å²) >= 11 is 0. The van der Waals surface area contributed by atoms with E-state index in [0.29, 0.717) is 5.69 Å². The van der Waals surface area contributed by atoms with Gasteiger partial charge >= 0.3 is 0 Å². The van der Waals surface area contributed by atoms with Crippen LogP contribution in [-0.4, -0.2) is 47.3 Å². The molecule has 0 saturated carbocycles. The molecule has 0 bridgehead atoms. The molecule has 2 heterocycles. The van der Waals surface area contributed by atoms with E-state index in [1.54, 1.807) is 59.2 Å². The first kappa shape index (κ1) is 15.5. The Labute approximate surface area is 135 Å². The van der Waals surface area contributed by atoms with E-state index in [0.717, 1.165) is 0 Å². The number of nitrogens with one attached hydrogen (secondary N) is 1. The van der Waals surface area contributed by atoms with E-state index >= 15 is 0 Å². The van der Waals surface area contributed by atoms with Gasteiger partial charge in [0.2, 0.25) is 15.9 Å². The largest absolute Gasteiger partial charge is 0.338 e. The average Bonchev–Trinajstić information content (AvgIpc) is 2.99. The fourth-order valence-corrected chi connectivity index (χ4v) is 3.84. The lowest BCUT2D eigenvalue weighted by Gasteiger charge is -2.39. The van der Waals surface area contributed by atoms with Crippen molar-refractivity contribution in [2.24, 2.45) is 0 Å². The van der Waals surface area contributed by atoms with Crippen molar-refractivity contribution >= 4 is 21.6 Å². The molecule has 1 aromatic carbocycles. The third-order valence-corrected chi connectivity index (χ3v) is 5.61. The molecule has 1 N–H and O–H groups in total. The fraction of sp³-hybridized carbons (Fsp3) is 0.333. The molecule has 7 nitrogen and oxygen atoms in total. The highest BCUT2D eigenvalue weighted by Gasteiger charge is 2.41. The molecule has 1 aromatic heterocycles. The molecule has 3 rings (SSSR count). The summed E-state index contributed by atoms with van der Waals surface area (Å²) in [5.41, 5.74) is 0.530. The monoisotopic (exact) mass is 334 g/mol. The topological polar surface area (TPSA) is 84.3 Å². The van der Waals surface area contributed by atoms with Crippen LogP contribution in [0.1, 0.15) is 13.0 Å². The van der Waals surface area contributed by atoms with Gasteiger partial charge in [0.1, 0.15) is 11.3 Å². The first-order chi connectivity index (χ1) is 11.0. The number of aromatic nitrogens is 2. The molecule has 1 atom stereocenters. The number of rotatable bonds is 5. The number of anilines is 1. The molecule has 8 heteroatoms. The molecule has 0 radical (unpaired) electrons. The van der Waals surface area contributed by atoms with Gasteiger partial charge in [-0.15, -0.1) is 0 Å². The van der Waals surface area contributed by atoms with Gasteiger partial charge in [0.05, 0.1) is 0 Å². The maximum absolute atomic E-state index is 12.3. The van der Waals surface area contributed by atoms with Crippen LogP contribution in [0.5, 0.6) is 0 Å². The predicted molar refractivity (Wildman–Crippen MR) is 86.3 cm³/mol. The molecule has 1 aliphatic heterocycles. The smallest absolute Gasteiger partial charge is 0.247 e. The molecule has 1 saturated heterocycles. The van der Waals surface area contributed by atoms with Gasteiger partial charge in [-0.1, -0.05) is 18.2 Å². The van der Waals surface area contributed by atoms with Gasteiger partial charge in [-0.2, -0.15) is 5.10 Å². The number of carbonyl (C=O) groups is 1. The third kappa shape index (κ3) is 3.21. The van der Waals surface area contributed by atoms with Gasteiger partial charge in [0.15, 0.2) is 0 Å². The van der Waals surface area contributed by atoms with Crippen molar-refractivity contribution in [2.45, 2.75) is 18.2 Å². The van der Waals surface area contributed by atoms with E-state index in [1.165, 1.54) is 0 Å². The van der Waals surface area contributed by atoms with Crippen LogP contribution >= 0.6 is 0 Å². The van der Waals surface area contributed by atoms with Crippen LogP contribution in [0.3, 0.4) is 0 Å². The molecule has 1 aliphatic rings. The maximum Gasteiger partial charge on any atom is 0.247 e. The number of benzene rings is 1. The fourth-order valence-electron chi connectivity index (χ4n) is 2.46. The number of carbonyl (C=O) groups excluding carboxylic acids is 1. The van der Waals surface area contributed by atoms with Crippen molar-refractivity contribution in [1.29, 1.82) is 0 Å². The second-order valence-electron chi connectivity index (χ2n) is 5.54. The van der Waals surface area contributed by atoms with E-state index in [2.05, 4.69) is 9.82 Å². The lowest BCUT2D eigenvalue weighted by atomic mass is 10.1. The molecular weight excluding hydrogens is 316 g/mol. The molecule has 0 unspecified atom stereocenters. The SMILES string of the molecule is C[C@H](C(=O)N1CC(S(=O)(=O)Nc2ccccc2)C1)n1cccn1. The molecule has 0 aliphatic carbocycles. The summed E-state index contributed by atoms with van der Waals surface area (Å²) in [6.07, 6.45) is 3.32.